The summed E-state index contributed by atoms with van der Waals surface area (Å²) in [6.07, 6.45) is 4.27. The van der Waals surface area contributed by atoms with Crippen LogP contribution in [0.4, 0.5) is 0 Å². The molecule has 20 heavy (non-hydrogen) atoms. The Kier molecular flexibility index (Phi) is 5.01. The van der Waals surface area contributed by atoms with Crippen molar-refractivity contribution in [2.45, 2.75) is 25.3 Å². The molecule has 5 nitrogen and oxygen atoms in total. The number of fused-ring (bicyclic) bond motifs is 1. The second kappa shape index (κ2) is 6.56. The van der Waals surface area contributed by atoms with Crippen LogP contribution >= 0.6 is 0 Å². The lowest BCUT2D eigenvalue weighted by atomic mass is 9.88. The Hall–Kier alpha value is -1.11. The molecule has 1 unspecified atom stereocenters. The molecule has 2 rings (SSSR count). The van der Waals surface area contributed by atoms with Crippen molar-refractivity contribution in [1.82, 2.24) is 10.0 Å². The van der Waals surface area contributed by atoms with Crippen LogP contribution in [0.1, 0.15) is 17.5 Å². The molecule has 1 aliphatic carbocycles. The van der Waals surface area contributed by atoms with Crippen molar-refractivity contribution < 1.29 is 13.2 Å². The summed E-state index contributed by atoms with van der Waals surface area (Å²) in [4.78, 5) is 0. The highest BCUT2D eigenvalue weighted by Gasteiger charge is 2.18. The van der Waals surface area contributed by atoms with E-state index >= 15 is 0 Å². The summed E-state index contributed by atoms with van der Waals surface area (Å²) >= 11 is 0. The van der Waals surface area contributed by atoms with Gasteiger partial charge in [-0.05, 0) is 42.5 Å². The molecule has 0 saturated carbocycles. The highest BCUT2D eigenvalue weighted by atomic mass is 32.2. The molecule has 0 saturated heterocycles. The molecule has 0 aliphatic heterocycles. The van der Waals surface area contributed by atoms with Gasteiger partial charge in [-0.25, -0.2) is 13.1 Å². The van der Waals surface area contributed by atoms with E-state index in [1.165, 1.54) is 17.4 Å². The Labute approximate surface area is 120 Å². The van der Waals surface area contributed by atoms with Gasteiger partial charge in [0.05, 0.1) is 13.4 Å². The molecular weight excluding hydrogens is 276 g/mol. The number of hydrogen-bond donors (Lipinski definition) is 2. The minimum absolute atomic E-state index is 0.399. The predicted octanol–water partition coefficient (Wildman–Crippen LogP) is 0.691. The van der Waals surface area contributed by atoms with Crippen molar-refractivity contribution in [2.75, 3.05) is 26.5 Å². The van der Waals surface area contributed by atoms with E-state index in [-0.39, 0.29) is 0 Å². The molecule has 0 fully saturated rings. The summed E-state index contributed by atoms with van der Waals surface area (Å²) in [6, 6.07) is 6.63. The molecule has 0 spiro atoms. The van der Waals surface area contributed by atoms with Gasteiger partial charge >= 0.3 is 0 Å². The van der Waals surface area contributed by atoms with Crippen LogP contribution in [0.3, 0.4) is 0 Å². The molecule has 1 aromatic carbocycles. The van der Waals surface area contributed by atoms with Crippen LogP contribution in [0, 0.1) is 0 Å². The van der Waals surface area contributed by atoms with Crippen LogP contribution in [0.25, 0.3) is 0 Å². The first-order chi connectivity index (χ1) is 9.48. The van der Waals surface area contributed by atoms with E-state index in [4.69, 9.17) is 4.74 Å². The summed E-state index contributed by atoms with van der Waals surface area (Å²) in [5, 5.41) is 3.40. The highest BCUT2D eigenvalue weighted by Crippen LogP contribution is 2.25. The summed E-state index contributed by atoms with van der Waals surface area (Å²) in [7, 11) is -1.41. The van der Waals surface area contributed by atoms with E-state index in [2.05, 4.69) is 22.2 Å². The second-order valence-electron chi connectivity index (χ2n) is 5.19. The monoisotopic (exact) mass is 298 g/mol. The summed E-state index contributed by atoms with van der Waals surface area (Å²) < 4.78 is 29.7. The molecule has 0 heterocycles. The Balaban J connectivity index is 1.84. The van der Waals surface area contributed by atoms with Gasteiger partial charge in [0, 0.05) is 19.1 Å². The molecule has 1 aromatic rings. The molecule has 2 N–H and O–H groups in total. The van der Waals surface area contributed by atoms with Gasteiger partial charge in [-0.2, -0.15) is 0 Å². The lowest BCUT2D eigenvalue weighted by molar-refractivity contribution is 0.411. The quantitative estimate of drug-likeness (QED) is 0.758. The van der Waals surface area contributed by atoms with Gasteiger partial charge in [-0.15, -0.1) is 0 Å². The number of rotatable bonds is 6. The molecule has 1 atom stereocenters. The van der Waals surface area contributed by atoms with Crippen molar-refractivity contribution in [2.24, 2.45) is 0 Å². The van der Waals surface area contributed by atoms with Gasteiger partial charge < -0.3 is 10.1 Å². The van der Waals surface area contributed by atoms with Crippen molar-refractivity contribution in [3.05, 3.63) is 29.3 Å². The van der Waals surface area contributed by atoms with E-state index < -0.39 is 10.0 Å². The predicted molar refractivity (Wildman–Crippen MR) is 79.7 cm³/mol. The zero-order valence-electron chi connectivity index (χ0n) is 12.0. The minimum Gasteiger partial charge on any atom is -0.497 e. The van der Waals surface area contributed by atoms with E-state index in [0.29, 0.717) is 19.1 Å². The largest absolute Gasteiger partial charge is 0.497 e. The Morgan fingerprint density at radius 1 is 1.30 bits per heavy atom. The van der Waals surface area contributed by atoms with E-state index in [1.54, 1.807) is 7.11 Å². The van der Waals surface area contributed by atoms with Crippen molar-refractivity contribution in [3.63, 3.8) is 0 Å². The van der Waals surface area contributed by atoms with Gasteiger partial charge in [0.15, 0.2) is 0 Å². The number of sulfonamides is 1. The average molecular weight is 298 g/mol. The molecule has 0 aromatic heterocycles. The van der Waals surface area contributed by atoms with Crippen molar-refractivity contribution in [3.8, 4) is 5.75 Å². The third kappa shape index (κ3) is 4.47. The number of hydrogen-bond acceptors (Lipinski definition) is 4. The fourth-order valence-corrected chi connectivity index (χ4v) is 3.02. The lowest BCUT2D eigenvalue weighted by Crippen LogP contribution is -2.39. The zero-order valence-corrected chi connectivity index (χ0v) is 12.8. The molecule has 0 bridgehead atoms. The first kappa shape index (κ1) is 15.3. The van der Waals surface area contributed by atoms with Crippen molar-refractivity contribution in [1.29, 1.82) is 0 Å². The lowest BCUT2D eigenvalue weighted by Gasteiger charge is -2.26. The van der Waals surface area contributed by atoms with E-state index in [1.807, 2.05) is 6.07 Å². The highest BCUT2D eigenvalue weighted by molar-refractivity contribution is 7.88. The van der Waals surface area contributed by atoms with Gasteiger partial charge in [0.2, 0.25) is 10.0 Å². The van der Waals surface area contributed by atoms with Crippen LogP contribution in [0.2, 0.25) is 0 Å². The number of ether oxygens (including phenoxy) is 1. The second-order valence-corrected chi connectivity index (χ2v) is 7.03. The number of benzene rings is 1. The Morgan fingerprint density at radius 2 is 2.10 bits per heavy atom. The van der Waals surface area contributed by atoms with Gasteiger partial charge in [-0.1, -0.05) is 6.07 Å². The topological polar surface area (TPSA) is 67.4 Å². The van der Waals surface area contributed by atoms with Gasteiger partial charge in [0.1, 0.15) is 5.75 Å². The normalized spacial score (nSPS) is 18.6. The van der Waals surface area contributed by atoms with Gasteiger partial charge in [-0.3, -0.25) is 0 Å². The SMILES string of the molecule is COc1ccc2c(c1)CC(NCCNS(C)(=O)=O)CC2. The van der Waals surface area contributed by atoms with Crippen LogP contribution in [-0.4, -0.2) is 40.9 Å². The number of nitrogens with one attached hydrogen (secondary N) is 2. The van der Waals surface area contributed by atoms with Gasteiger partial charge in [0.25, 0.3) is 0 Å². The van der Waals surface area contributed by atoms with Crippen LogP contribution < -0.4 is 14.8 Å². The Morgan fingerprint density at radius 3 is 2.80 bits per heavy atom. The smallest absolute Gasteiger partial charge is 0.208 e. The van der Waals surface area contributed by atoms with Crippen molar-refractivity contribution >= 4 is 10.0 Å². The molecular formula is C14H22N2O3S. The number of aryl methyl sites for hydroxylation is 1. The first-order valence-electron chi connectivity index (χ1n) is 6.82. The van der Waals surface area contributed by atoms with Crippen LogP contribution in [0.15, 0.2) is 18.2 Å². The molecule has 1 aliphatic rings. The summed E-state index contributed by atoms with van der Waals surface area (Å²) in [5.41, 5.74) is 2.71. The molecule has 112 valence electrons. The summed E-state index contributed by atoms with van der Waals surface area (Å²) in [5.74, 6) is 0.892. The van der Waals surface area contributed by atoms with E-state index in [0.717, 1.165) is 25.0 Å². The third-order valence-electron chi connectivity index (χ3n) is 3.56. The Bertz CT molecular complexity index is 558. The molecule has 6 heteroatoms. The first-order valence-corrected chi connectivity index (χ1v) is 8.71. The third-order valence-corrected chi connectivity index (χ3v) is 4.29. The maximum absolute atomic E-state index is 11.0. The fraction of sp³-hybridized carbons (Fsp3) is 0.571. The average Bonchev–Trinajstić information content (AvgIpc) is 2.41. The maximum atomic E-state index is 11.0. The molecule has 0 radical (unpaired) electrons. The standard InChI is InChI=1S/C14H22N2O3S/c1-19-14-6-4-11-3-5-13(9-12(11)10-14)15-7-8-16-20(2,17)18/h4,6,10,13,15-16H,3,5,7-9H2,1-2H3. The fourth-order valence-electron chi connectivity index (χ4n) is 2.55. The maximum Gasteiger partial charge on any atom is 0.208 e. The van der Waals surface area contributed by atoms with E-state index in [9.17, 15) is 8.42 Å². The van der Waals surface area contributed by atoms with Crippen LogP contribution in [-0.2, 0) is 22.9 Å². The summed E-state index contributed by atoms with van der Waals surface area (Å²) in [6.45, 7) is 1.08. The zero-order chi connectivity index (χ0) is 14.6. The minimum atomic E-state index is -3.09. The number of methoxy groups -OCH3 is 1. The molecule has 0 amide bonds. The van der Waals surface area contributed by atoms with Crippen LogP contribution in [0.5, 0.6) is 5.75 Å².